The van der Waals surface area contributed by atoms with Crippen molar-refractivity contribution in [2.24, 2.45) is 0 Å². The Balaban J connectivity index is 2.52. The molecule has 0 aliphatic carbocycles. The van der Waals surface area contributed by atoms with Crippen LogP contribution in [0.2, 0.25) is 0 Å². The molecule has 1 aromatic rings. The van der Waals surface area contributed by atoms with Crippen molar-refractivity contribution in [3.05, 3.63) is 33.2 Å². The number of carbonyl (C=O) groups is 2. The van der Waals surface area contributed by atoms with Gasteiger partial charge in [-0.25, -0.2) is 0 Å². The number of hydrogen-bond donors (Lipinski definition) is 2. The van der Waals surface area contributed by atoms with Crippen LogP contribution in [0.1, 0.15) is 41.4 Å². The summed E-state index contributed by atoms with van der Waals surface area (Å²) in [5.74, 6) is -0.710. The standard InChI is InChI=1S/C14H20N2O4/c1-4-20-11(17)6-5-7-15-13(18)12-9(2)8-10(3)16-14(12)19/h8H,4-7H2,1-3H3,(H,15,18)(H,16,19). The SMILES string of the molecule is CCOC(=O)CCCNC(=O)c1c(C)cc(C)[nH]c1=O. The van der Waals surface area contributed by atoms with Crippen LogP contribution in [0.5, 0.6) is 0 Å². The highest BCUT2D eigenvalue weighted by molar-refractivity contribution is 5.95. The van der Waals surface area contributed by atoms with Crippen molar-refractivity contribution in [3.63, 3.8) is 0 Å². The zero-order valence-corrected chi connectivity index (χ0v) is 12.0. The van der Waals surface area contributed by atoms with Gasteiger partial charge in [-0.2, -0.15) is 0 Å². The maximum atomic E-state index is 11.9. The highest BCUT2D eigenvalue weighted by atomic mass is 16.5. The molecule has 2 N–H and O–H groups in total. The monoisotopic (exact) mass is 280 g/mol. The van der Waals surface area contributed by atoms with Gasteiger partial charge in [0.2, 0.25) is 0 Å². The number of nitrogens with one attached hydrogen (secondary N) is 2. The van der Waals surface area contributed by atoms with Gasteiger partial charge in [-0.1, -0.05) is 0 Å². The number of rotatable bonds is 6. The van der Waals surface area contributed by atoms with Gasteiger partial charge in [-0.3, -0.25) is 14.4 Å². The Morgan fingerprint density at radius 2 is 2.05 bits per heavy atom. The first-order chi connectivity index (χ1) is 9.45. The topological polar surface area (TPSA) is 88.3 Å². The van der Waals surface area contributed by atoms with E-state index < -0.39 is 11.5 Å². The van der Waals surface area contributed by atoms with Crippen molar-refractivity contribution in [1.82, 2.24) is 10.3 Å². The average Bonchev–Trinajstić information content (AvgIpc) is 2.33. The number of aromatic amines is 1. The van der Waals surface area contributed by atoms with E-state index in [1.807, 2.05) is 0 Å². The quantitative estimate of drug-likeness (QED) is 0.602. The number of aromatic nitrogens is 1. The molecule has 6 heteroatoms. The summed E-state index contributed by atoms with van der Waals surface area (Å²) in [5.41, 5.74) is 1.07. The first-order valence-corrected chi connectivity index (χ1v) is 6.60. The molecule has 0 spiro atoms. The van der Waals surface area contributed by atoms with Crippen molar-refractivity contribution in [1.29, 1.82) is 0 Å². The van der Waals surface area contributed by atoms with Crippen LogP contribution < -0.4 is 10.9 Å². The second-order valence-corrected chi connectivity index (χ2v) is 4.50. The molecule has 0 aromatic carbocycles. The minimum Gasteiger partial charge on any atom is -0.466 e. The fraction of sp³-hybridized carbons (Fsp3) is 0.500. The van der Waals surface area contributed by atoms with Crippen molar-refractivity contribution < 1.29 is 14.3 Å². The average molecular weight is 280 g/mol. The van der Waals surface area contributed by atoms with E-state index in [1.54, 1.807) is 26.8 Å². The molecule has 110 valence electrons. The molecule has 6 nitrogen and oxygen atoms in total. The number of esters is 1. The van der Waals surface area contributed by atoms with Crippen LogP contribution >= 0.6 is 0 Å². The van der Waals surface area contributed by atoms with Gasteiger partial charge < -0.3 is 15.0 Å². The Hall–Kier alpha value is -2.11. The van der Waals surface area contributed by atoms with Crippen LogP contribution in [0.4, 0.5) is 0 Å². The van der Waals surface area contributed by atoms with E-state index in [-0.39, 0.29) is 18.0 Å². The normalized spacial score (nSPS) is 10.2. The van der Waals surface area contributed by atoms with Gasteiger partial charge in [0, 0.05) is 18.7 Å². The van der Waals surface area contributed by atoms with Crippen LogP contribution in [0.25, 0.3) is 0 Å². The molecule has 0 unspecified atom stereocenters. The van der Waals surface area contributed by atoms with E-state index in [0.29, 0.717) is 30.8 Å². The van der Waals surface area contributed by atoms with E-state index in [4.69, 9.17) is 4.74 Å². The van der Waals surface area contributed by atoms with E-state index >= 15 is 0 Å². The summed E-state index contributed by atoms with van der Waals surface area (Å²) < 4.78 is 4.78. The molecule has 1 aromatic heterocycles. The lowest BCUT2D eigenvalue weighted by atomic mass is 10.1. The molecule has 1 rings (SSSR count). The van der Waals surface area contributed by atoms with Gasteiger partial charge in [-0.05, 0) is 38.8 Å². The second-order valence-electron chi connectivity index (χ2n) is 4.50. The Bertz CT molecular complexity index is 549. The fourth-order valence-electron chi connectivity index (χ4n) is 1.89. The van der Waals surface area contributed by atoms with Crippen LogP contribution in [0.15, 0.2) is 10.9 Å². The number of carbonyl (C=O) groups excluding carboxylic acids is 2. The van der Waals surface area contributed by atoms with Crippen LogP contribution in [-0.4, -0.2) is 30.0 Å². The maximum absolute atomic E-state index is 11.9. The Morgan fingerprint density at radius 1 is 1.35 bits per heavy atom. The van der Waals surface area contributed by atoms with Gasteiger partial charge in [0.15, 0.2) is 0 Å². The lowest BCUT2D eigenvalue weighted by Gasteiger charge is -2.07. The predicted molar refractivity (Wildman–Crippen MR) is 74.7 cm³/mol. The van der Waals surface area contributed by atoms with E-state index in [0.717, 1.165) is 0 Å². The molecule has 0 saturated heterocycles. The summed E-state index contributed by atoms with van der Waals surface area (Å²) >= 11 is 0. The van der Waals surface area contributed by atoms with Gasteiger partial charge in [0.25, 0.3) is 11.5 Å². The fourth-order valence-corrected chi connectivity index (χ4v) is 1.89. The predicted octanol–water partition coefficient (Wildman–Crippen LogP) is 1.06. The molecule has 0 atom stereocenters. The minimum atomic E-state index is -0.424. The lowest BCUT2D eigenvalue weighted by molar-refractivity contribution is -0.143. The lowest BCUT2D eigenvalue weighted by Crippen LogP contribution is -2.31. The molecular weight excluding hydrogens is 260 g/mol. The van der Waals surface area contributed by atoms with Gasteiger partial charge >= 0.3 is 5.97 Å². The molecule has 0 fully saturated rings. The van der Waals surface area contributed by atoms with Gasteiger partial charge in [-0.15, -0.1) is 0 Å². The molecule has 20 heavy (non-hydrogen) atoms. The summed E-state index contributed by atoms with van der Waals surface area (Å²) in [6.07, 6.45) is 0.727. The number of aryl methyl sites for hydroxylation is 2. The molecule has 1 amide bonds. The molecule has 1 heterocycles. The summed E-state index contributed by atoms with van der Waals surface area (Å²) in [7, 11) is 0. The van der Waals surface area contributed by atoms with Crippen molar-refractivity contribution in [3.8, 4) is 0 Å². The second kappa shape index (κ2) is 7.47. The molecule has 0 bridgehead atoms. The van der Waals surface area contributed by atoms with Crippen molar-refractivity contribution in [2.75, 3.05) is 13.2 Å². The van der Waals surface area contributed by atoms with E-state index in [9.17, 15) is 14.4 Å². The first kappa shape index (κ1) is 15.9. The number of H-pyrrole nitrogens is 1. The number of ether oxygens (including phenoxy) is 1. The summed E-state index contributed by atoms with van der Waals surface area (Å²) in [6, 6.07) is 1.74. The maximum Gasteiger partial charge on any atom is 0.305 e. The molecule has 0 saturated carbocycles. The van der Waals surface area contributed by atoms with Crippen molar-refractivity contribution in [2.45, 2.75) is 33.6 Å². The zero-order valence-electron chi connectivity index (χ0n) is 12.0. The highest BCUT2D eigenvalue weighted by Gasteiger charge is 2.13. The third-order valence-corrected chi connectivity index (χ3v) is 2.74. The molecule has 0 aliphatic heterocycles. The van der Waals surface area contributed by atoms with E-state index in [1.165, 1.54) is 0 Å². The van der Waals surface area contributed by atoms with E-state index in [2.05, 4.69) is 10.3 Å². The largest absolute Gasteiger partial charge is 0.466 e. The molecule has 0 radical (unpaired) electrons. The Morgan fingerprint density at radius 3 is 2.65 bits per heavy atom. The number of hydrogen-bond acceptors (Lipinski definition) is 4. The third-order valence-electron chi connectivity index (χ3n) is 2.74. The zero-order chi connectivity index (χ0) is 15.1. The molecular formula is C14H20N2O4. The third kappa shape index (κ3) is 4.53. The first-order valence-electron chi connectivity index (χ1n) is 6.60. The number of amides is 1. The molecule has 0 aliphatic rings. The summed E-state index contributed by atoms with van der Waals surface area (Å²) in [6.45, 7) is 5.89. The van der Waals surface area contributed by atoms with Crippen LogP contribution in [-0.2, 0) is 9.53 Å². The van der Waals surface area contributed by atoms with Crippen LogP contribution in [0, 0.1) is 13.8 Å². The smallest absolute Gasteiger partial charge is 0.305 e. The Kier molecular flexibility index (Phi) is 5.96. The van der Waals surface area contributed by atoms with Gasteiger partial charge in [0.1, 0.15) is 5.56 Å². The Labute approximate surface area is 117 Å². The minimum absolute atomic E-state index is 0.117. The van der Waals surface area contributed by atoms with Crippen LogP contribution in [0.3, 0.4) is 0 Å². The van der Waals surface area contributed by atoms with Crippen molar-refractivity contribution >= 4 is 11.9 Å². The highest BCUT2D eigenvalue weighted by Crippen LogP contribution is 2.03. The number of pyridine rings is 1. The summed E-state index contributed by atoms with van der Waals surface area (Å²) in [4.78, 5) is 37.4. The van der Waals surface area contributed by atoms with Gasteiger partial charge in [0.05, 0.1) is 6.61 Å². The summed E-state index contributed by atoms with van der Waals surface area (Å²) in [5, 5.41) is 2.63.